The fourth-order valence-electron chi connectivity index (χ4n) is 2.64. The highest BCUT2D eigenvalue weighted by Crippen LogP contribution is 2.32. The van der Waals surface area contributed by atoms with Gasteiger partial charge in [-0.25, -0.2) is 4.68 Å². The summed E-state index contributed by atoms with van der Waals surface area (Å²) in [5.74, 6) is -1.27. The molecule has 0 aliphatic rings. The Balaban J connectivity index is 1.66. The summed E-state index contributed by atoms with van der Waals surface area (Å²) in [5, 5.41) is 8.28. The second-order valence-corrected chi connectivity index (χ2v) is 7.27. The minimum absolute atomic E-state index is 0.194. The Bertz CT molecular complexity index is 1180. The number of rotatable bonds is 5. The van der Waals surface area contributed by atoms with E-state index in [1.807, 2.05) is 0 Å². The summed E-state index contributed by atoms with van der Waals surface area (Å²) >= 11 is 17.7. The summed E-state index contributed by atoms with van der Waals surface area (Å²) in [6, 6.07) is 9.61. The third kappa shape index (κ3) is 4.87. The number of anilines is 1. The summed E-state index contributed by atoms with van der Waals surface area (Å²) in [7, 11) is 1.50. The summed E-state index contributed by atoms with van der Waals surface area (Å²) in [5.41, 5.74) is 0.351. The van der Waals surface area contributed by atoms with Crippen LogP contribution in [0.4, 0.5) is 5.69 Å². The Labute approximate surface area is 180 Å². The van der Waals surface area contributed by atoms with Crippen molar-refractivity contribution in [2.45, 2.75) is 6.42 Å². The van der Waals surface area contributed by atoms with Crippen LogP contribution in [0.2, 0.25) is 15.1 Å². The number of ether oxygens (including phenoxy) is 1. The van der Waals surface area contributed by atoms with Crippen LogP contribution >= 0.6 is 34.8 Å². The number of nitrogens with one attached hydrogen (secondary N) is 1. The molecule has 2 aromatic carbocycles. The van der Waals surface area contributed by atoms with Gasteiger partial charge in [0.05, 0.1) is 38.3 Å². The van der Waals surface area contributed by atoms with Crippen LogP contribution in [0.5, 0.6) is 0 Å². The molecule has 1 heterocycles. The third-order valence-electron chi connectivity index (χ3n) is 3.99. The number of esters is 1. The number of nitrogens with zero attached hydrogens (tertiary/aromatic N) is 2. The average Bonchev–Trinajstić information content (AvgIpc) is 2.68. The molecule has 29 heavy (non-hydrogen) atoms. The van der Waals surface area contributed by atoms with Crippen molar-refractivity contribution in [2.75, 3.05) is 11.9 Å². The SMILES string of the molecule is Cn1nc(CC(=O)OCC(=O)Nc2cc(Cl)c(Cl)cc2Cl)c2ccccc2c1=O. The number of amides is 1. The molecular weight excluding hydrogens is 441 g/mol. The maximum absolute atomic E-state index is 12.2. The van der Waals surface area contributed by atoms with Gasteiger partial charge in [0.15, 0.2) is 6.61 Å². The van der Waals surface area contributed by atoms with Gasteiger partial charge in [0.25, 0.3) is 11.5 Å². The van der Waals surface area contributed by atoms with E-state index in [1.54, 1.807) is 24.3 Å². The molecule has 0 aliphatic heterocycles. The Kier molecular flexibility index (Phi) is 6.42. The van der Waals surface area contributed by atoms with Crippen LogP contribution in [-0.4, -0.2) is 28.3 Å². The molecule has 0 aliphatic carbocycles. The number of hydrogen-bond acceptors (Lipinski definition) is 5. The summed E-state index contributed by atoms with van der Waals surface area (Å²) in [6.07, 6.45) is -0.199. The quantitative estimate of drug-likeness (QED) is 0.470. The van der Waals surface area contributed by atoms with Crippen LogP contribution in [0.15, 0.2) is 41.2 Å². The largest absolute Gasteiger partial charge is 0.455 e. The molecule has 3 rings (SSSR count). The molecule has 150 valence electrons. The van der Waals surface area contributed by atoms with Crippen molar-refractivity contribution >= 4 is 63.1 Å². The molecule has 0 saturated heterocycles. The van der Waals surface area contributed by atoms with Crippen molar-refractivity contribution in [3.8, 4) is 0 Å². The molecule has 0 bridgehead atoms. The maximum atomic E-state index is 12.2. The van der Waals surface area contributed by atoms with Gasteiger partial charge in [0, 0.05) is 12.4 Å². The lowest BCUT2D eigenvalue weighted by Gasteiger charge is -2.10. The normalized spacial score (nSPS) is 10.8. The predicted molar refractivity (Wildman–Crippen MR) is 112 cm³/mol. The molecule has 1 amide bonds. The van der Waals surface area contributed by atoms with Crippen molar-refractivity contribution in [1.29, 1.82) is 0 Å². The molecule has 0 atom stereocenters. The lowest BCUT2D eigenvalue weighted by molar-refractivity contribution is -0.146. The van der Waals surface area contributed by atoms with Gasteiger partial charge in [-0.15, -0.1) is 0 Å². The van der Waals surface area contributed by atoms with Crippen molar-refractivity contribution in [3.05, 3.63) is 67.5 Å². The zero-order chi connectivity index (χ0) is 21.1. The zero-order valence-electron chi connectivity index (χ0n) is 15.0. The molecule has 0 spiro atoms. The Morgan fingerprint density at radius 2 is 1.72 bits per heavy atom. The molecule has 1 aromatic heterocycles. The zero-order valence-corrected chi connectivity index (χ0v) is 17.3. The molecule has 10 heteroatoms. The fraction of sp³-hybridized carbons (Fsp3) is 0.158. The van der Waals surface area contributed by atoms with Crippen LogP contribution in [0.1, 0.15) is 5.69 Å². The minimum atomic E-state index is -0.670. The van der Waals surface area contributed by atoms with E-state index in [1.165, 1.54) is 19.2 Å². The number of benzene rings is 2. The van der Waals surface area contributed by atoms with Crippen LogP contribution in [0.25, 0.3) is 10.8 Å². The second kappa shape index (κ2) is 8.82. The van der Waals surface area contributed by atoms with E-state index >= 15 is 0 Å². The van der Waals surface area contributed by atoms with Gasteiger partial charge in [-0.1, -0.05) is 53.0 Å². The second-order valence-electron chi connectivity index (χ2n) is 6.05. The summed E-state index contributed by atoms with van der Waals surface area (Å²) < 4.78 is 6.17. The number of fused-ring (bicyclic) bond motifs is 1. The van der Waals surface area contributed by atoms with Gasteiger partial charge < -0.3 is 10.1 Å². The van der Waals surface area contributed by atoms with E-state index in [-0.39, 0.29) is 32.7 Å². The highest BCUT2D eigenvalue weighted by atomic mass is 35.5. The Morgan fingerprint density at radius 3 is 2.45 bits per heavy atom. The van der Waals surface area contributed by atoms with Gasteiger partial charge in [-0.2, -0.15) is 5.10 Å². The molecule has 3 aromatic rings. The first-order valence-corrected chi connectivity index (χ1v) is 9.44. The van der Waals surface area contributed by atoms with E-state index in [0.717, 1.165) is 4.68 Å². The van der Waals surface area contributed by atoms with Gasteiger partial charge in [0.2, 0.25) is 0 Å². The van der Waals surface area contributed by atoms with Crippen LogP contribution in [0.3, 0.4) is 0 Å². The number of aryl methyl sites for hydroxylation is 1. The van der Waals surface area contributed by atoms with E-state index in [2.05, 4.69) is 10.4 Å². The van der Waals surface area contributed by atoms with Gasteiger partial charge in [-0.05, 0) is 18.2 Å². The standard InChI is InChI=1S/C19H14Cl3N3O4/c1-25-19(28)11-5-3-2-4-10(11)15(24-25)8-18(27)29-9-17(26)23-16-7-13(21)12(20)6-14(16)22/h2-7H,8-9H2,1H3,(H,23,26). The van der Waals surface area contributed by atoms with Crippen molar-refractivity contribution < 1.29 is 14.3 Å². The van der Waals surface area contributed by atoms with E-state index in [9.17, 15) is 14.4 Å². The first-order valence-electron chi connectivity index (χ1n) is 8.31. The highest BCUT2D eigenvalue weighted by molar-refractivity contribution is 6.44. The maximum Gasteiger partial charge on any atom is 0.312 e. The van der Waals surface area contributed by atoms with E-state index < -0.39 is 18.5 Å². The number of hydrogen-bond donors (Lipinski definition) is 1. The van der Waals surface area contributed by atoms with E-state index in [0.29, 0.717) is 16.5 Å². The van der Waals surface area contributed by atoms with Gasteiger partial charge in [0.1, 0.15) is 0 Å². The fourth-order valence-corrected chi connectivity index (χ4v) is 3.24. The molecule has 1 N–H and O–H groups in total. The predicted octanol–water partition coefficient (Wildman–Crippen LogP) is 3.62. The van der Waals surface area contributed by atoms with E-state index in [4.69, 9.17) is 39.5 Å². The lowest BCUT2D eigenvalue weighted by atomic mass is 10.1. The summed E-state index contributed by atoms with van der Waals surface area (Å²) in [4.78, 5) is 36.4. The minimum Gasteiger partial charge on any atom is -0.455 e. The van der Waals surface area contributed by atoms with Gasteiger partial charge >= 0.3 is 5.97 Å². The van der Waals surface area contributed by atoms with Crippen molar-refractivity contribution in [3.63, 3.8) is 0 Å². The molecule has 0 fully saturated rings. The Hall–Kier alpha value is -2.61. The molecule has 0 radical (unpaired) electrons. The van der Waals surface area contributed by atoms with Crippen molar-refractivity contribution in [2.24, 2.45) is 7.05 Å². The molecule has 7 nitrogen and oxygen atoms in total. The van der Waals surface area contributed by atoms with Gasteiger partial charge in [-0.3, -0.25) is 14.4 Å². The monoisotopic (exact) mass is 453 g/mol. The number of halogens is 3. The Morgan fingerprint density at radius 1 is 1.07 bits per heavy atom. The number of aromatic nitrogens is 2. The first kappa shape index (κ1) is 21.1. The lowest BCUT2D eigenvalue weighted by Crippen LogP contribution is -2.24. The number of carbonyl (C=O) groups is 2. The molecular formula is C19H14Cl3N3O4. The van der Waals surface area contributed by atoms with Crippen molar-refractivity contribution in [1.82, 2.24) is 9.78 Å². The average molecular weight is 455 g/mol. The van der Waals surface area contributed by atoms with Crippen LogP contribution in [-0.2, 0) is 27.8 Å². The number of carbonyl (C=O) groups excluding carboxylic acids is 2. The summed E-state index contributed by atoms with van der Waals surface area (Å²) in [6.45, 7) is -0.529. The molecule has 0 saturated carbocycles. The van der Waals surface area contributed by atoms with Crippen LogP contribution < -0.4 is 10.9 Å². The first-order chi connectivity index (χ1) is 13.8. The third-order valence-corrected chi connectivity index (χ3v) is 5.03. The topological polar surface area (TPSA) is 90.3 Å². The smallest absolute Gasteiger partial charge is 0.312 e. The van der Waals surface area contributed by atoms with Crippen LogP contribution in [0, 0.1) is 0 Å². The molecule has 0 unspecified atom stereocenters. The highest BCUT2D eigenvalue weighted by Gasteiger charge is 2.15.